The summed E-state index contributed by atoms with van der Waals surface area (Å²) in [4.78, 5) is 24.3. The van der Waals surface area contributed by atoms with Gasteiger partial charge >= 0.3 is 5.97 Å². The first kappa shape index (κ1) is 16.7. The number of nitrogens with zero attached hydrogens (tertiary/aromatic N) is 1. The second-order valence-electron chi connectivity index (χ2n) is 4.65. The SMILES string of the molecule is C=CC(=O)N(CC)CCCCOC(=O)CC(C)C. The third kappa shape index (κ3) is 7.87. The van der Waals surface area contributed by atoms with Gasteiger partial charge in [-0.3, -0.25) is 9.59 Å². The van der Waals surface area contributed by atoms with Gasteiger partial charge in [0.1, 0.15) is 0 Å². The maximum atomic E-state index is 11.4. The summed E-state index contributed by atoms with van der Waals surface area (Å²) in [6.45, 7) is 11.2. The standard InChI is InChI=1S/C14H25NO3/c1-5-13(16)15(6-2)9-7-8-10-18-14(17)11-12(3)4/h5,12H,1,6-11H2,2-4H3. The van der Waals surface area contributed by atoms with Gasteiger partial charge in [-0.25, -0.2) is 0 Å². The van der Waals surface area contributed by atoms with E-state index in [-0.39, 0.29) is 11.9 Å². The second-order valence-corrected chi connectivity index (χ2v) is 4.65. The van der Waals surface area contributed by atoms with Crippen LogP contribution in [0.4, 0.5) is 0 Å². The first-order valence-corrected chi connectivity index (χ1v) is 6.58. The molecule has 0 aliphatic carbocycles. The molecule has 0 aromatic carbocycles. The number of ether oxygens (including phenoxy) is 1. The summed E-state index contributed by atoms with van der Waals surface area (Å²) >= 11 is 0. The van der Waals surface area contributed by atoms with Crippen molar-refractivity contribution in [2.24, 2.45) is 5.92 Å². The van der Waals surface area contributed by atoms with E-state index in [0.717, 1.165) is 12.8 Å². The van der Waals surface area contributed by atoms with E-state index in [4.69, 9.17) is 4.74 Å². The largest absolute Gasteiger partial charge is 0.466 e. The molecule has 0 saturated heterocycles. The van der Waals surface area contributed by atoms with Crippen molar-refractivity contribution in [3.05, 3.63) is 12.7 Å². The van der Waals surface area contributed by atoms with Gasteiger partial charge in [0.25, 0.3) is 0 Å². The van der Waals surface area contributed by atoms with Gasteiger partial charge in [0.2, 0.25) is 5.91 Å². The predicted molar refractivity (Wildman–Crippen MR) is 72.1 cm³/mol. The summed E-state index contributed by atoms with van der Waals surface area (Å²) in [6.07, 6.45) is 3.41. The molecule has 0 spiro atoms. The van der Waals surface area contributed by atoms with Crippen molar-refractivity contribution in [1.82, 2.24) is 4.90 Å². The number of carbonyl (C=O) groups is 2. The number of unbranched alkanes of at least 4 members (excludes halogenated alkanes) is 1. The van der Waals surface area contributed by atoms with E-state index in [1.807, 2.05) is 20.8 Å². The average molecular weight is 255 g/mol. The molecule has 0 aromatic heterocycles. The Morgan fingerprint density at radius 1 is 1.33 bits per heavy atom. The molecule has 0 radical (unpaired) electrons. The maximum absolute atomic E-state index is 11.4. The van der Waals surface area contributed by atoms with E-state index in [9.17, 15) is 9.59 Å². The number of likely N-dealkylation sites (N-methyl/N-ethyl adjacent to an activating group) is 1. The molecular weight excluding hydrogens is 230 g/mol. The monoisotopic (exact) mass is 255 g/mol. The molecule has 4 nitrogen and oxygen atoms in total. The molecule has 4 heteroatoms. The van der Waals surface area contributed by atoms with Crippen LogP contribution in [0.15, 0.2) is 12.7 Å². The molecule has 0 unspecified atom stereocenters. The molecule has 1 amide bonds. The van der Waals surface area contributed by atoms with E-state index >= 15 is 0 Å². The molecule has 0 atom stereocenters. The lowest BCUT2D eigenvalue weighted by Crippen LogP contribution is -2.30. The Hall–Kier alpha value is -1.32. The zero-order valence-electron chi connectivity index (χ0n) is 11.8. The lowest BCUT2D eigenvalue weighted by molar-refractivity contribution is -0.144. The highest BCUT2D eigenvalue weighted by Gasteiger charge is 2.08. The van der Waals surface area contributed by atoms with Gasteiger partial charge in [0.05, 0.1) is 6.61 Å². The van der Waals surface area contributed by atoms with Gasteiger partial charge < -0.3 is 9.64 Å². The van der Waals surface area contributed by atoms with Crippen LogP contribution in [0.1, 0.15) is 40.0 Å². The molecule has 0 aliphatic rings. The van der Waals surface area contributed by atoms with Crippen LogP contribution in [-0.4, -0.2) is 36.5 Å². The van der Waals surface area contributed by atoms with Gasteiger partial charge in [-0.05, 0) is 31.8 Å². The number of hydrogen-bond acceptors (Lipinski definition) is 3. The van der Waals surface area contributed by atoms with Gasteiger partial charge in [0.15, 0.2) is 0 Å². The number of carbonyl (C=O) groups excluding carboxylic acids is 2. The highest BCUT2D eigenvalue weighted by molar-refractivity contribution is 5.86. The van der Waals surface area contributed by atoms with E-state index in [0.29, 0.717) is 32.0 Å². The summed E-state index contributed by atoms with van der Waals surface area (Å²) in [5.41, 5.74) is 0. The normalized spacial score (nSPS) is 10.2. The van der Waals surface area contributed by atoms with E-state index in [2.05, 4.69) is 6.58 Å². The van der Waals surface area contributed by atoms with Crippen LogP contribution in [0.5, 0.6) is 0 Å². The predicted octanol–water partition coefficient (Wildman–Crippen LogP) is 2.39. The minimum absolute atomic E-state index is 0.0469. The van der Waals surface area contributed by atoms with Gasteiger partial charge in [0, 0.05) is 19.5 Å². The van der Waals surface area contributed by atoms with Crippen LogP contribution in [0.3, 0.4) is 0 Å². The molecule has 0 saturated carbocycles. The molecule has 0 fully saturated rings. The average Bonchev–Trinajstić information content (AvgIpc) is 2.32. The van der Waals surface area contributed by atoms with E-state index < -0.39 is 0 Å². The maximum Gasteiger partial charge on any atom is 0.306 e. The van der Waals surface area contributed by atoms with Crippen molar-refractivity contribution >= 4 is 11.9 Å². The third-order valence-corrected chi connectivity index (χ3v) is 2.53. The van der Waals surface area contributed by atoms with Crippen LogP contribution < -0.4 is 0 Å². The molecule has 104 valence electrons. The highest BCUT2D eigenvalue weighted by Crippen LogP contribution is 2.02. The van der Waals surface area contributed by atoms with Crippen LogP contribution in [0.25, 0.3) is 0 Å². The van der Waals surface area contributed by atoms with Crippen molar-refractivity contribution in [3.63, 3.8) is 0 Å². The summed E-state index contributed by atoms with van der Waals surface area (Å²) < 4.78 is 5.09. The van der Waals surface area contributed by atoms with Crippen LogP contribution >= 0.6 is 0 Å². The van der Waals surface area contributed by atoms with Crippen LogP contribution in [0.2, 0.25) is 0 Å². The Morgan fingerprint density at radius 2 is 2.00 bits per heavy atom. The number of esters is 1. The summed E-state index contributed by atoms with van der Waals surface area (Å²) in [6, 6.07) is 0. The first-order chi connectivity index (χ1) is 8.51. The molecule has 0 heterocycles. The lowest BCUT2D eigenvalue weighted by Gasteiger charge is -2.18. The molecule has 0 aromatic rings. The molecule has 0 aliphatic heterocycles. The Morgan fingerprint density at radius 3 is 2.50 bits per heavy atom. The van der Waals surface area contributed by atoms with Crippen molar-refractivity contribution in [1.29, 1.82) is 0 Å². The summed E-state index contributed by atoms with van der Waals surface area (Å²) in [5, 5.41) is 0. The van der Waals surface area contributed by atoms with Crippen LogP contribution in [0, 0.1) is 5.92 Å². The minimum atomic E-state index is -0.139. The van der Waals surface area contributed by atoms with Crippen molar-refractivity contribution < 1.29 is 14.3 Å². The van der Waals surface area contributed by atoms with E-state index in [1.54, 1.807) is 4.90 Å². The van der Waals surface area contributed by atoms with Crippen molar-refractivity contribution in [3.8, 4) is 0 Å². The Balaban J connectivity index is 3.63. The fraction of sp³-hybridized carbons (Fsp3) is 0.714. The fourth-order valence-electron chi connectivity index (χ4n) is 1.54. The van der Waals surface area contributed by atoms with Crippen LogP contribution in [-0.2, 0) is 14.3 Å². The molecular formula is C14H25NO3. The third-order valence-electron chi connectivity index (χ3n) is 2.53. The Bertz CT molecular complexity index is 274. The number of amides is 1. The highest BCUT2D eigenvalue weighted by atomic mass is 16.5. The van der Waals surface area contributed by atoms with Crippen molar-refractivity contribution in [2.45, 2.75) is 40.0 Å². The minimum Gasteiger partial charge on any atom is -0.466 e. The van der Waals surface area contributed by atoms with E-state index in [1.165, 1.54) is 6.08 Å². The van der Waals surface area contributed by atoms with Gasteiger partial charge in [-0.1, -0.05) is 20.4 Å². The molecule has 0 N–H and O–H groups in total. The molecule has 18 heavy (non-hydrogen) atoms. The smallest absolute Gasteiger partial charge is 0.306 e. The molecule has 0 rings (SSSR count). The van der Waals surface area contributed by atoms with Gasteiger partial charge in [-0.2, -0.15) is 0 Å². The number of hydrogen-bond donors (Lipinski definition) is 0. The van der Waals surface area contributed by atoms with Gasteiger partial charge in [-0.15, -0.1) is 0 Å². The summed E-state index contributed by atoms with van der Waals surface area (Å²) in [5.74, 6) is 0.145. The lowest BCUT2D eigenvalue weighted by atomic mass is 10.1. The van der Waals surface area contributed by atoms with Crippen molar-refractivity contribution in [2.75, 3.05) is 19.7 Å². The fourth-order valence-corrected chi connectivity index (χ4v) is 1.54. The Kier molecular flexibility index (Phi) is 8.97. The summed E-state index contributed by atoms with van der Waals surface area (Å²) in [7, 11) is 0. The second kappa shape index (κ2) is 9.68. The number of rotatable bonds is 9. The zero-order chi connectivity index (χ0) is 14.0. The molecule has 0 bridgehead atoms. The first-order valence-electron chi connectivity index (χ1n) is 6.58. The topological polar surface area (TPSA) is 46.6 Å². The zero-order valence-corrected chi connectivity index (χ0v) is 11.8. The quantitative estimate of drug-likeness (QED) is 0.361. The Labute approximate surface area is 110 Å².